The zero-order valence-corrected chi connectivity index (χ0v) is 15.6. The molecule has 0 aliphatic carbocycles. The number of hydrogen-bond acceptors (Lipinski definition) is 2. The van der Waals surface area contributed by atoms with Crippen LogP contribution in [0.4, 0.5) is 0 Å². The van der Waals surface area contributed by atoms with Gasteiger partial charge in [-0.25, -0.2) is 5.43 Å². The molecule has 5 N–H and O–H groups in total. The maximum Gasteiger partial charge on any atom is 0.271 e. The highest BCUT2D eigenvalue weighted by atomic mass is 16.2. The van der Waals surface area contributed by atoms with Crippen molar-refractivity contribution >= 4 is 11.9 Å². The van der Waals surface area contributed by atoms with Crippen LogP contribution in [0.1, 0.15) is 87.1 Å². The average molecular weight is 347 g/mol. The fraction of sp³-hybridized carbons (Fsp3) is 0.600. The van der Waals surface area contributed by atoms with E-state index >= 15 is 0 Å². The van der Waals surface area contributed by atoms with E-state index in [4.69, 9.17) is 11.5 Å². The molecule has 0 saturated heterocycles. The number of carbonyl (C=O) groups excluding carboxylic acids is 1. The Labute approximate surface area is 152 Å². The van der Waals surface area contributed by atoms with Gasteiger partial charge in [-0.2, -0.15) is 0 Å². The molecule has 25 heavy (non-hydrogen) atoms. The zero-order valence-electron chi connectivity index (χ0n) is 15.6. The molecule has 5 nitrogen and oxygen atoms in total. The third-order valence-electron chi connectivity index (χ3n) is 4.32. The molecule has 140 valence electrons. The average Bonchev–Trinajstić information content (AvgIpc) is 2.61. The van der Waals surface area contributed by atoms with E-state index in [1.54, 1.807) is 0 Å². The number of guanidine groups is 1. The van der Waals surface area contributed by atoms with Gasteiger partial charge in [-0.1, -0.05) is 76.8 Å². The zero-order chi connectivity index (χ0) is 18.3. The standard InChI is InChI=1S/C20H34N4O/c1-2-3-4-5-6-7-8-9-10-11-12-17-13-15-18(16-14-17)19(25)23-24-20(21)22/h13-16H,2-12H2,1H3,(H,23,25)(H4,21,22,24). The molecule has 0 heterocycles. The number of nitrogens with zero attached hydrogens (tertiary/aromatic N) is 1. The number of rotatable bonds is 13. The lowest BCUT2D eigenvalue weighted by Gasteiger charge is -2.05. The van der Waals surface area contributed by atoms with Crippen LogP contribution < -0.4 is 16.9 Å². The Morgan fingerprint density at radius 3 is 1.92 bits per heavy atom. The minimum absolute atomic E-state index is 0.161. The lowest BCUT2D eigenvalue weighted by Crippen LogP contribution is -2.28. The number of hydrazone groups is 1. The van der Waals surface area contributed by atoms with Crippen molar-refractivity contribution in [2.45, 2.75) is 77.6 Å². The highest BCUT2D eigenvalue weighted by Crippen LogP contribution is 2.13. The second kappa shape index (κ2) is 13.3. The van der Waals surface area contributed by atoms with Crippen molar-refractivity contribution in [1.29, 1.82) is 0 Å². The number of benzene rings is 1. The molecule has 5 heteroatoms. The summed E-state index contributed by atoms with van der Waals surface area (Å²) in [5, 5.41) is 3.50. The Balaban J connectivity index is 2.11. The fourth-order valence-electron chi connectivity index (χ4n) is 2.82. The van der Waals surface area contributed by atoms with Gasteiger partial charge in [0.05, 0.1) is 0 Å². The molecule has 0 atom stereocenters. The number of hydrogen-bond donors (Lipinski definition) is 3. The van der Waals surface area contributed by atoms with Gasteiger partial charge in [-0.15, -0.1) is 5.10 Å². The summed E-state index contributed by atoms with van der Waals surface area (Å²) in [6.45, 7) is 2.26. The highest BCUT2D eigenvalue weighted by Gasteiger charge is 2.04. The van der Waals surface area contributed by atoms with Crippen molar-refractivity contribution in [3.05, 3.63) is 35.4 Å². The van der Waals surface area contributed by atoms with Crippen LogP contribution in [0.25, 0.3) is 0 Å². The quantitative estimate of drug-likeness (QED) is 0.217. The van der Waals surface area contributed by atoms with E-state index in [1.807, 2.05) is 24.3 Å². The van der Waals surface area contributed by atoms with Gasteiger partial charge in [-0.3, -0.25) is 4.79 Å². The van der Waals surface area contributed by atoms with Crippen LogP contribution >= 0.6 is 0 Å². The maximum absolute atomic E-state index is 11.8. The normalized spacial score (nSPS) is 10.4. The summed E-state index contributed by atoms with van der Waals surface area (Å²) in [6.07, 6.45) is 14.5. The van der Waals surface area contributed by atoms with E-state index in [-0.39, 0.29) is 11.9 Å². The highest BCUT2D eigenvalue weighted by molar-refractivity contribution is 5.94. The number of nitrogens with one attached hydrogen (secondary N) is 1. The molecule has 0 aromatic heterocycles. The minimum Gasteiger partial charge on any atom is -0.369 e. The Morgan fingerprint density at radius 1 is 0.880 bits per heavy atom. The predicted octanol–water partition coefficient (Wildman–Crippen LogP) is 4.07. The van der Waals surface area contributed by atoms with Crippen LogP contribution in [0.5, 0.6) is 0 Å². The molecular weight excluding hydrogens is 312 g/mol. The van der Waals surface area contributed by atoms with Crippen LogP contribution in [0, 0.1) is 0 Å². The summed E-state index contributed by atoms with van der Waals surface area (Å²) in [4.78, 5) is 11.8. The largest absolute Gasteiger partial charge is 0.369 e. The lowest BCUT2D eigenvalue weighted by atomic mass is 10.0. The maximum atomic E-state index is 11.8. The topological polar surface area (TPSA) is 93.5 Å². The van der Waals surface area contributed by atoms with Crippen molar-refractivity contribution in [2.75, 3.05) is 0 Å². The van der Waals surface area contributed by atoms with E-state index in [1.165, 1.54) is 69.8 Å². The lowest BCUT2D eigenvalue weighted by molar-refractivity contribution is 0.0954. The molecule has 1 aromatic carbocycles. The SMILES string of the molecule is CCCCCCCCCCCCc1ccc(C(=O)NN=C(N)N)cc1. The number of unbranched alkanes of at least 4 members (excludes halogenated alkanes) is 9. The van der Waals surface area contributed by atoms with E-state index < -0.39 is 0 Å². The summed E-state index contributed by atoms with van der Waals surface area (Å²) < 4.78 is 0. The molecule has 0 saturated carbocycles. The van der Waals surface area contributed by atoms with Crippen molar-refractivity contribution in [2.24, 2.45) is 16.6 Å². The molecule has 0 radical (unpaired) electrons. The summed E-state index contributed by atoms with van der Waals surface area (Å²) >= 11 is 0. The van der Waals surface area contributed by atoms with Crippen LogP contribution in [-0.4, -0.2) is 11.9 Å². The Morgan fingerprint density at radius 2 is 1.40 bits per heavy atom. The van der Waals surface area contributed by atoms with Crippen molar-refractivity contribution < 1.29 is 4.79 Å². The third kappa shape index (κ3) is 10.4. The molecule has 0 bridgehead atoms. The molecule has 1 rings (SSSR count). The van der Waals surface area contributed by atoms with Crippen LogP contribution in [0.15, 0.2) is 29.4 Å². The van der Waals surface area contributed by atoms with E-state index in [0.29, 0.717) is 5.56 Å². The summed E-state index contributed by atoms with van der Waals surface area (Å²) in [6, 6.07) is 7.61. The molecule has 0 spiro atoms. The van der Waals surface area contributed by atoms with E-state index in [9.17, 15) is 4.79 Å². The van der Waals surface area contributed by atoms with E-state index in [2.05, 4.69) is 17.5 Å². The molecule has 0 aliphatic rings. The van der Waals surface area contributed by atoms with Gasteiger partial charge in [0.15, 0.2) is 0 Å². The van der Waals surface area contributed by atoms with Gasteiger partial charge in [0.25, 0.3) is 5.91 Å². The fourth-order valence-corrected chi connectivity index (χ4v) is 2.82. The van der Waals surface area contributed by atoms with Crippen molar-refractivity contribution in [3.63, 3.8) is 0 Å². The first-order chi connectivity index (χ1) is 12.1. The first-order valence-electron chi connectivity index (χ1n) is 9.61. The van der Waals surface area contributed by atoms with Gasteiger partial charge in [0.2, 0.25) is 5.96 Å². The Bertz CT molecular complexity index is 507. The van der Waals surface area contributed by atoms with Gasteiger partial charge in [-0.05, 0) is 30.5 Å². The smallest absolute Gasteiger partial charge is 0.271 e. The minimum atomic E-state index is -0.307. The van der Waals surface area contributed by atoms with Crippen molar-refractivity contribution in [1.82, 2.24) is 5.43 Å². The summed E-state index contributed by atoms with van der Waals surface area (Å²) in [5.74, 6) is -0.468. The molecule has 0 unspecified atom stereocenters. The Hall–Kier alpha value is -2.04. The Kier molecular flexibility index (Phi) is 11.2. The molecule has 0 fully saturated rings. The van der Waals surface area contributed by atoms with Crippen molar-refractivity contribution in [3.8, 4) is 0 Å². The molecule has 1 amide bonds. The van der Waals surface area contributed by atoms with Crippen LogP contribution in [0.3, 0.4) is 0 Å². The van der Waals surface area contributed by atoms with Crippen LogP contribution in [-0.2, 0) is 6.42 Å². The predicted molar refractivity (Wildman–Crippen MR) is 105 cm³/mol. The first kappa shape index (κ1) is 21.0. The third-order valence-corrected chi connectivity index (χ3v) is 4.32. The number of aryl methyl sites for hydroxylation is 1. The number of carbonyl (C=O) groups is 1. The summed E-state index contributed by atoms with van der Waals surface area (Å²) in [7, 11) is 0. The monoisotopic (exact) mass is 346 g/mol. The van der Waals surface area contributed by atoms with Crippen LogP contribution in [0.2, 0.25) is 0 Å². The second-order valence-electron chi connectivity index (χ2n) is 6.61. The van der Waals surface area contributed by atoms with Gasteiger partial charge in [0.1, 0.15) is 0 Å². The number of nitrogens with two attached hydrogens (primary N) is 2. The molecule has 0 aliphatic heterocycles. The first-order valence-corrected chi connectivity index (χ1v) is 9.61. The number of amides is 1. The van der Waals surface area contributed by atoms with E-state index in [0.717, 1.165) is 6.42 Å². The van der Waals surface area contributed by atoms with Gasteiger partial charge in [0, 0.05) is 5.56 Å². The molecule has 1 aromatic rings. The van der Waals surface area contributed by atoms with Gasteiger partial charge < -0.3 is 11.5 Å². The summed E-state index contributed by atoms with van der Waals surface area (Å²) in [5.41, 5.74) is 14.5. The molecular formula is C20H34N4O. The second-order valence-corrected chi connectivity index (χ2v) is 6.61. The van der Waals surface area contributed by atoms with Gasteiger partial charge >= 0.3 is 0 Å².